The highest BCUT2D eigenvalue weighted by Gasteiger charge is 2.28. The molecular weight excluding hydrogens is 258 g/mol. The molecule has 2 atom stereocenters. The van der Waals surface area contributed by atoms with Gasteiger partial charge in [0.2, 0.25) is 5.82 Å². The third kappa shape index (κ3) is 2.82. The molecule has 1 saturated carbocycles. The van der Waals surface area contributed by atoms with Gasteiger partial charge in [-0.25, -0.2) is 4.98 Å². The van der Waals surface area contributed by atoms with Crippen molar-refractivity contribution >= 4 is 17.3 Å². The highest BCUT2D eigenvalue weighted by molar-refractivity contribution is 5.58. The average molecular weight is 279 g/mol. The standard InChI is InChI=1S/C13H21N5O2/c1-17(10-5-3-2-4-9(10)8-14)12-7-6-11(18(19)20)13(15)16-12/h6-7,9-10H,2-5,8,14H2,1H3,(H2,15,16). The summed E-state index contributed by atoms with van der Waals surface area (Å²) in [5, 5.41) is 10.8. The SMILES string of the molecule is CN(c1ccc([N+](=O)[O-])c(N)n1)C1CCCCC1CN. The molecule has 1 fully saturated rings. The van der Waals surface area contributed by atoms with Crippen LogP contribution in [0.2, 0.25) is 0 Å². The monoisotopic (exact) mass is 279 g/mol. The molecule has 0 amide bonds. The van der Waals surface area contributed by atoms with Gasteiger partial charge < -0.3 is 16.4 Å². The van der Waals surface area contributed by atoms with E-state index >= 15 is 0 Å². The lowest BCUT2D eigenvalue weighted by atomic mass is 9.84. The number of aromatic nitrogens is 1. The van der Waals surface area contributed by atoms with Gasteiger partial charge in [-0.3, -0.25) is 10.1 Å². The van der Waals surface area contributed by atoms with Crippen molar-refractivity contribution in [3.05, 3.63) is 22.2 Å². The van der Waals surface area contributed by atoms with Crippen LogP contribution in [0.15, 0.2) is 12.1 Å². The van der Waals surface area contributed by atoms with Crippen LogP contribution in [0.3, 0.4) is 0 Å². The van der Waals surface area contributed by atoms with Gasteiger partial charge in [0.05, 0.1) is 4.92 Å². The molecule has 1 heterocycles. The lowest BCUT2D eigenvalue weighted by Crippen LogP contribution is -2.43. The minimum absolute atomic E-state index is 0.0422. The van der Waals surface area contributed by atoms with E-state index in [9.17, 15) is 10.1 Å². The molecule has 0 aromatic carbocycles. The highest BCUT2D eigenvalue weighted by Crippen LogP contribution is 2.31. The second kappa shape index (κ2) is 6.04. The Bertz CT molecular complexity index is 494. The third-order valence-electron chi connectivity index (χ3n) is 4.11. The second-order valence-electron chi connectivity index (χ2n) is 5.29. The molecule has 7 nitrogen and oxygen atoms in total. The van der Waals surface area contributed by atoms with Crippen LogP contribution in [0.25, 0.3) is 0 Å². The van der Waals surface area contributed by atoms with E-state index < -0.39 is 4.92 Å². The number of anilines is 2. The molecule has 1 aromatic rings. The summed E-state index contributed by atoms with van der Waals surface area (Å²) in [6.45, 7) is 0.650. The lowest BCUT2D eigenvalue weighted by Gasteiger charge is -2.38. The zero-order valence-corrected chi connectivity index (χ0v) is 11.7. The molecule has 1 aliphatic rings. The first kappa shape index (κ1) is 14.5. The normalized spacial score (nSPS) is 22.5. The second-order valence-corrected chi connectivity index (χ2v) is 5.29. The van der Waals surface area contributed by atoms with Crippen molar-refractivity contribution in [3.63, 3.8) is 0 Å². The molecule has 1 aromatic heterocycles. The number of rotatable bonds is 4. The Labute approximate surface area is 118 Å². The summed E-state index contributed by atoms with van der Waals surface area (Å²) in [5.74, 6) is 1.06. The number of nitrogen functional groups attached to an aromatic ring is 1. The summed E-state index contributed by atoms with van der Waals surface area (Å²) in [5.41, 5.74) is 11.3. The van der Waals surface area contributed by atoms with Crippen LogP contribution >= 0.6 is 0 Å². The zero-order valence-electron chi connectivity index (χ0n) is 11.7. The maximum absolute atomic E-state index is 10.8. The number of hydrogen-bond acceptors (Lipinski definition) is 6. The number of nitrogens with zero attached hydrogens (tertiary/aromatic N) is 3. The summed E-state index contributed by atoms with van der Waals surface area (Å²) < 4.78 is 0. The lowest BCUT2D eigenvalue weighted by molar-refractivity contribution is -0.384. The summed E-state index contributed by atoms with van der Waals surface area (Å²) in [4.78, 5) is 16.5. The Morgan fingerprint density at radius 3 is 2.75 bits per heavy atom. The van der Waals surface area contributed by atoms with Crippen LogP contribution in [0.1, 0.15) is 25.7 Å². The minimum Gasteiger partial charge on any atom is -0.378 e. The summed E-state index contributed by atoms with van der Waals surface area (Å²) in [6, 6.07) is 3.38. The fraction of sp³-hybridized carbons (Fsp3) is 0.615. The van der Waals surface area contributed by atoms with E-state index in [0.29, 0.717) is 24.3 Å². The zero-order chi connectivity index (χ0) is 14.7. The van der Waals surface area contributed by atoms with Gasteiger partial charge in [-0.15, -0.1) is 0 Å². The first-order valence-corrected chi connectivity index (χ1v) is 6.88. The smallest absolute Gasteiger partial charge is 0.311 e. The number of nitrogens with two attached hydrogens (primary N) is 2. The maximum atomic E-state index is 10.8. The molecule has 1 aliphatic carbocycles. The predicted molar refractivity (Wildman–Crippen MR) is 78.5 cm³/mol. The van der Waals surface area contributed by atoms with Crippen LogP contribution in [-0.4, -0.2) is 29.5 Å². The van der Waals surface area contributed by atoms with Gasteiger partial charge in [0.15, 0.2) is 0 Å². The number of nitro groups is 1. The fourth-order valence-corrected chi connectivity index (χ4v) is 2.95. The van der Waals surface area contributed by atoms with Crippen molar-refractivity contribution in [3.8, 4) is 0 Å². The van der Waals surface area contributed by atoms with E-state index in [1.54, 1.807) is 6.07 Å². The van der Waals surface area contributed by atoms with Crippen LogP contribution in [0.5, 0.6) is 0 Å². The molecular formula is C13H21N5O2. The molecule has 0 bridgehead atoms. The van der Waals surface area contributed by atoms with Crippen molar-refractivity contribution in [2.45, 2.75) is 31.7 Å². The minimum atomic E-state index is -0.518. The van der Waals surface area contributed by atoms with Gasteiger partial charge in [0.25, 0.3) is 0 Å². The van der Waals surface area contributed by atoms with Gasteiger partial charge >= 0.3 is 5.69 Å². The van der Waals surface area contributed by atoms with Gasteiger partial charge in [-0.1, -0.05) is 12.8 Å². The van der Waals surface area contributed by atoms with Gasteiger partial charge in [0, 0.05) is 19.2 Å². The Morgan fingerprint density at radius 2 is 2.15 bits per heavy atom. The average Bonchev–Trinajstić information content (AvgIpc) is 2.45. The molecule has 7 heteroatoms. The quantitative estimate of drug-likeness (QED) is 0.638. The maximum Gasteiger partial charge on any atom is 0.311 e. The number of pyridine rings is 1. The van der Waals surface area contributed by atoms with Crippen molar-refractivity contribution in [2.75, 3.05) is 24.2 Å². The summed E-state index contributed by atoms with van der Waals surface area (Å²) >= 11 is 0. The van der Waals surface area contributed by atoms with Crippen molar-refractivity contribution in [1.82, 2.24) is 4.98 Å². The Balaban J connectivity index is 2.21. The van der Waals surface area contributed by atoms with Crippen LogP contribution < -0.4 is 16.4 Å². The van der Waals surface area contributed by atoms with Gasteiger partial charge in [-0.2, -0.15) is 0 Å². The molecule has 4 N–H and O–H groups in total. The highest BCUT2D eigenvalue weighted by atomic mass is 16.6. The molecule has 110 valence electrons. The topological polar surface area (TPSA) is 111 Å². The van der Waals surface area contributed by atoms with Crippen LogP contribution in [0, 0.1) is 16.0 Å². The first-order chi connectivity index (χ1) is 9.54. The van der Waals surface area contributed by atoms with E-state index in [1.807, 2.05) is 7.05 Å². The van der Waals surface area contributed by atoms with Crippen LogP contribution in [-0.2, 0) is 0 Å². The van der Waals surface area contributed by atoms with Gasteiger partial charge in [-0.05, 0) is 31.4 Å². The molecule has 2 rings (SSSR count). The van der Waals surface area contributed by atoms with Crippen molar-refractivity contribution in [1.29, 1.82) is 0 Å². The Hall–Kier alpha value is -1.89. The molecule has 0 saturated heterocycles. The molecule has 0 radical (unpaired) electrons. The third-order valence-corrected chi connectivity index (χ3v) is 4.11. The van der Waals surface area contributed by atoms with E-state index in [2.05, 4.69) is 9.88 Å². The molecule has 0 spiro atoms. The van der Waals surface area contributed by atoms with Crippen LogP contribution in [0.4, 0.5) is 17.3 Å². The Kier molecular flexibility index (Phi) is 4.39. The van der Waals surface area contributed by atoms with Gasteiger partial charge in [0.1, 0.15) is 5.82 Å². The van der Waals surface area contributed by atoms with Crippen molar-refractivity contribution in [2.24, 2.45) is 11.7 Å². The first-order valence-electron chi connectivity index (χ1n) is 6.88. The molecule has 2 unspecified atom stereocenters. The van der Waals surface area contributed by atoms with E-state index in [-0.39, 0.29) is 11.5 Å². The van der Waals surface area contributed by atoms with E-state index in [4.69, 9.17) is 11.5 Å². The van der Waals surface area contributed by atoms with E-state index in [0.717, 1.165) is 12.8 Å². The molecule has 0 aliphatic heterocycles. The Morgan fingerprint density at radius 1 is 1.45 bits per heavy atom. The fourth-order valence-electron chi connectivity index (χ4n) is 2.95. The van der Waals surface area contributed by atoms with Crippen molar-refractivity contribution < 1.29 is 4.92 Å². The number of hydrogen-bond donors (Lipinski definition) is 2. The summed E-state index contributed by atoms with van der Waals surface area (Å²) in [6.07, 6.45) is 4.57. The van der Waals surface area contributed by atoms with E-state index in [1.165, 1.54) is 18.9 Å². The largest absolute Gasteiger partial charge is 0.378 e. The predicted octanol–water partition coefficient (Wildman–Crippen LogP) is 1.53. The molecule has 20 heavy (non-hydrogen) atoms. The summed E-state index contributed by atoms with van der Waals surface area (Å²) in [7, 11) is 1.95.